The van der Waals surface area contributed by atoms with Crippen molar-refractivity contribution < 1.29 is 14.3 Å². The van der Waals surface area contributed by atoms with Crippen LogP contribution in [-0.4, -0.2) is 24.0 Å². The topological polar surface area (TPSA) is 77.7 Å². The number of amides is 1. The minimum atomic E-state index is -0.685. The summed E-state index contributed by atoms with van der Waals surface area (Å²) < 4.78 is 11.7. The van der Waals surface area contributed by atoms with E-state index < -0.39 is 6.10 Å². The zero-order valence-corrected chi connectivity index (χ0v) is 16.0. The van der Waals surface area contributed by atoms with Crippen LogP contribution < -0.4 is 20.1 Å². The Hall–Kier alpha value is -3.54. The highest BCUT2D eigenvalue weighted by molar-refractivity contribution is 5.99. The highest BCUT2D eigenvalue weighted by Crippen LogP contribution is 2.38. The molecule has 2 aromatic carbocycles. The molecule has 0 radical (unpaired) electrons. The summed E-state index contributed by atoms with van der Waals surface area (Å²) in [5.41, 5.74) is 6.67. The molecule has 1 aliphatic rings. The lowest BCUT2D eigenvalue weighted by atomic mass is 10.1. The Labute approximate surface area is 169 Å². The number of hydrogen-bond acceptors (Lipinski definition) is 5. The number of nitrogen functional groups attached to an aromatic ring is 1. The van der Waals surface area contributed by atoms with Crippen LogP contribution in [0.25, 0.3) is 0 Å². The molecule has 0 saturated heterocycles. The van der Waals surface area contributed by atoms with Gasteiger partial charge in [0, 0.05) is 12.1 Å². The maximum Gasteiger partial charge on any atom is 0.274 e. The molecule has 2 N–H and O–H groups in total. The van der Waals surface area contributed by atoms with Gasteiger partial charge in [-0.3, -0.25) is 9.69 Å². The van der Waals surface area contributed by atoms with Gasteiger partial charge in [0.15, 0.2) is 11.6 Å². The van der Waals surface area contributed by atoms with E-state index in [-0.39, 0.29) is 5.91 Å². The average molecular weight is 389 g/mol. The van der Waals surface area contributed by atoms with Gasteiger partial charge >= 0.3 is 0 Å². The Morgan fingerprint density at radius 3 is 2.45 bits per heavy atom. The van der Waals surface area contributed by atoms with Gasteiger partial charge in [0.25, 0.3) is 5.91 Å². The molecule has 1 unspecified atom stereocenters. The highest BCUT2D eigenvalue weighted by atomic mass is 16.5. The number of ether oxygens (including phenoxy) is 2. The first-order valence-electron chi connectivity index (χ1n) is 9.70. The molecule has 3 aromatic rings. The molecule has 4 rings (SSSR count). The standard InChI is InChI=1S/C23H23N3O3/c24-20-14-13-19-22(25-20)26(15-7-8-16-28-18-11-5-2-6-12-18)23(27)21(29-19)17-9-3-1-4-10-17/h1-6,9-14,21H,7-8,15-16H2,(H2,24,25). The van der Waals surface area contributed by atoms with Gasteiger partial charge in [-0.05, 0) is 37.1 Å². The number of anilines is 2. The van der Waals surface area contributed by atoms with Gasteiger partial charge in [0.1, 0.15) is 11.6 Å². The molecule has 1 aromatic heterocycles. The van der Waals surface area contributed by atoms with E-state index in [1.165, 1.54) is 0 Å². The van der Waals surface area contributed by atoms with Crippen LogP contribution in [0.3, 0.4) is 0 Å². The lowest BCUT2D eigenvalue weighted by Crippen LogP contribution is -2.42. The number of nitrogens with two attached hydrogens (primary N) is 1. The molecule has 148 valence electrons. The molecule has 0 aliphatic carbocycles. The minimum absolute atomic E-state index is 0.134. The molecule has 0 saturated carbocycles. The SMILES string of the molecule is Nc1ccc2c(n1)N(CCCCOc1ccccc1)C(=O)C(c1ccccc1)O2. The molecule has 1 atom stereocenters. The number of rotatable bonds is 7. The first kappa shape index (κ1) is 18.8. The van der Waals surface area contributed by atoms with E-state index in [2.05, 4.69) is 4.98 Å². The Bertz CT molecular complexity index is 964. The Kier molecular flexibility index (Phi) is 5.61. The van der Waals surface area contributed by atoms with E-state index >= 15 is 0 Å². The normalized spacial score (nSPS) is 15.5. The van der Waals surface area contributed by atoms with Crippen molar-refractivity contribution in [3.63, 3.8) is 0 Å². The molecule has 6 nitrogen and oxygen atoms in total. The minimum Gasteiger partial charge on any atom is -0.494 e. The fraction of sp³-hybridized carbons (Fsp3) is 0.217. The predicted molar refractivity (Wildman–Crippen MR) is 112 cm³/mol. The first-order valence-corrected chi connectivity index (χ1v) is 9.70. The van der Waals surface area contributed by atoms with Crippen molar-refractivity contribution in [3.05, 3.63) is 78.4 Å². The van der Waals surface area contributed by atoms with Crippen molar-refractivity contribution in [2.24, 2.45) is 0 Å². The van der Waals surface area contributed by atoms with Crippen LogP contribution >= 0.6 is 0 Å². The second-order valence-corrected chi connectivity index (χ2v) is 6.82. The number of fused-ring (bicyclic) bond motifs is 1. The number of pyridine rings is 1. The molecule has 29 heavy (non-hydrogen) atoms. The van der Waals surface area contributed by atoms with Crippen molar-refractivity contribution in [3.8, 4) is 11.5 Å². The maximum absolute atomic E-state index is 13.2. The molecular weight excluding hydrogens is 366 g/mol. The van der Waals surface area contributed by atoms with Crippen LogP contribution in [0.1, 0.15) is 24.5 Å². The average Bonchev–Trinajstić information content (AvgIpc) is 2.76. The first-order chi connectivity index (χ1) is 14.2. The maximum atomic E-state index is 13.2. The summed E-state index contributed by atoms with van der Waals surface area (Å²) in [5.74, 6) is 2.11. The Morgan fingerprint density at radius 2 is 1.69 bits per heavy atom. The van der Waals surface area contributed by atoms with Gasteiger partial charge in [0.05, 0.1) is 6.61 Å². The summed E-state index contributed by atoms with van der Waals surface area (Å²) in [6, 6.07) is 22.6. The third-order valence-electron chi connectivity index (χ3n) is 4.74. The summed E-state index contributed by atoms with van der Waals surface area (Å²) in [5, 5.41) is 0. The van der Waals surface area contributed by atoms with Crippen LogP contribution in [-0.2, 0) is 4.79 Å². The van der Waals surface area contributed by atoms with E-state index in [4.69, 9.17) is 15.2 Å². The summed E-state index contributed by atoms with van der Waals surface area (Å²) in [7, 11) is 0. The zero-order chi connectivity index (χ0) is 20.1. The summed E-state index contributed by atoms with van der Waals surface area (Å²) in [4.78, 5) is 19.2. The Balaban J connectivity index is 1.45. The highest BCUT2D eigenvalue weighted by Gasteiger charge is 2.36. The van der Waals surface area contributed by atoms with E-state index in [0.717, 1.165) is 24.2 Å². The van der Waals surface area contributed by atoms with Crippen molar-refractivity contribution in [1.29, 1.82) is 0 Å². The van der Waals surface area contributed by atoms with Crippen LogP contribution in [0.2, 0.25) is 0 Å². The number of benzene rings is 2. The third-order valence-corrected chi connectivity index (χ3v) is 4.74. The lowest BCUT2D eigenvalue weighted by molar-refractivity contribution is -0.126. The predicted octanol–water partition coefficient (Wildman–Crippen LogP) is 3.99. The van der Waals surface area contributed by atoms with Crippen molar-refractivity contribution >= 4 is 17.5 Å². The van der Waals surface area contributed by atoms with E-state index in [9.17, 15) is 4.79 Å². The summed E-state index contributed by atoms with van der Waals surface area (Å²) in [6.07, 6.45) is 0.901. The van der Waals surface area contributed by atoms with Gasteiger partial charge in [-0.15, -0.1) is 0 Å². The number of aromatic nitrogens is 1. The third kappa shape index (κ3) is 4.32. The van der Waals surface area contributed by atoms with E-state index in [1.54, 1.807) is 17.0 Å². The molecule has 6 heteroatoms. The van der Waals surface area contributed by atoms with Crippen LogP contribution in [0.15, 0.2) is 72.8 Å². The molecule has 0 fully saturated rings. The molecule has 1 amide bonds. The smallest absolute Gasteiger partial charge is 0.274 e. The van der Waals surface area contributed by atoms with Crippen molar-refractivity contribution in [2.45, 2.75) is 18.9 Å². The number of para-hydroxylation sites is 1. The number of carbonyl (C=O) groups is 1. The number of unbranched alkanes of at least 4 members (excludes halogenated alkanes) is 1. The monoisotopic (exact) mass is 389 g/mol. The van der Waals surface area contributed by atoms with Gasteiger partial charge in [-0.2, -0.15) is 0 Å². The zero-order valence-electron chi connectivity index (χ0n) is 16.0. The summed E-state index contributed by atoms with van der Waals surface area (Å²) in [6.45, 7) is 1.11. The van der Waals surface area contributed by atoms with E-state index in [0.29, 0.717) is 30.5 Å². The lowest BCUT2D eigenvalue weighted by Gasteiger charge is -2.33. The fourth-order valence-corrected chi connectivity index (χ4v) is 3.29. The van der Waals surface area contributed by atoms with Gasteiger partial charge < -0.3 is 15.2 Å². The van der Waals surface area contributed by atoms with Gasteiger partial charge in [-0.1, -0.05) is 48.5 Å². The number of hydrogen-bond donors (Lipinski definition) is 1. The second kappa shape index (κ2) is 8.65. The van der Waals surface area contributed by atoms with Crippen LogP contribution in [0.4, 0.5) is 11.6 Å². The number of carbonyl (C=O) groups excluding carboxylic acids is 1. The molecule has 1 aliphatic heterocycles. The fourth-order valence-electron chi connectivity index (χ4n) is 3.29. The van der Waals surface area contributed by atoms with Gasteiger partial charge in [0.2, 0.25) is 6.10 Å². The molecule has 0 spiro atoms. The van der Waals surface area contributed by atoms with Crippen molar-refractivity contribution in [1.82, 2.24) is 4.98 Å². The summed E-state index contributed by atoms with van der Waals surface area (Å²) >= 11 is 0. The molecule has 0 bridgehead atoms. The van der Waals surface area contributed by atoms with Crippen LogP contribution in [0, 0.1) is 0 Å². The molecular formula is C23H23N3O3. The quantitative estimate of drug-likeness (QED) is 0.618. The van der Waals surface area contributed by atoms with Crippen molar-refractivity contribution in [2.75, 3.05) is 23.8 Å². The largest absolute Gasteiger partial charge is 0.494 e. The Morgan fingerprint density at radius 1 is 0.966 bits per heavy atom. The van der Waals surface area contributed by atoms with Gasteiger partial charge in [-0.25, -0.2) is 4.98 Å². The molecule has 2 heterocycles. The van der Waals surface area contributed by atoms with E-state index in [1.807, 2.05) is 60.7 Å². The van der Waals surface area contributed by atoms with Crippen LogP contribution in [0.5, 0.6) is 11.5 Å². The number of nitrogens with zero attached hydrogens (tertiary/aromatic N) is 2. The second-order valence-electron chi connectivity index (χ2n) is 6.82.